The molecule has 0 N–H and O–H groups in total. The Morgan fingerprint density at radius 1 is 1.19 bits per heavy atom. The molecule has 1 aromatic carbocycles. The Kier molecular flexibility index (Phi) is 3.90. The maximum absolute atomic E-state index is 13.0. The number of benzene rings is 1. The highest BCUT2D eigenvalue weighted by Gasteiger charge is 2.27. The number of carbonyl (C=O) groups is 1. The third kappa shape index (κ3) is 2.82. The van der Waals surface area contributed by atoms with Gasteiger partial charge in [0.15, 0.2) is 28.1 Å². The number of nitrogens with zero attached hydrogens (tertiary/aromatic N) is 5. The first-order valence-electron chi connectivity index (χ1n) is 9.74. The quantitative estimate of drug-likeness (QED) is 0.487. The summed E-state index contributed by atoms with van der Waals surface area (Å²) in [7, 11) is 3.64. The van der Waals surface area contributed by atoms with Crippen LogP contribution in [0.25, 0.3) is 22.6 Å². The van der Waals surface area contributed by atoms with E-state index < -0.39 is 0 Å². The van der Waals surface area contributed by atoms with E-state index in [0.717, 1.165) is 34.5 Å². The molecule has 6 rings (SSSR count). The summed E-state index contributed by atoms with van der Waals surface area (Å²) in [5, 5.41) is 8.95. The van der Waals surface area contributed by atoms with Crippen LogP contribution in [-0.2, 0) is 19.9 Å². The van der Waals surface area contributed by atoms with Gasteiger partial charge in [-0.15, -0.1) is 11.3 Å². The molecule has 1 aliphatic carbocycles. The van der Waals surface area contributed by atoms with E-state index in [0.29, 0.717) is 22.4 Å². The van der Waals surface area contributed by atoms with Gasteiger partial charge in [0.1, 0.15) is 0 Å². The van der Waals surface area contributed by atoms with Crippen LogP contribution in [0.1, 0.15) is 21.1 Å². The first-order valence-corrected chi connectivity index (χ1v) is 10.6. The molecule has 10 heteroatoms. The van der Waals surface area contributed by atoms with Crippen molar-refractivity contribution in [1.29, 1.82) is 0 Å². The van der Waals surface area contributed by atoms with Crippen molar-refractivity contribution >= 4 is 22.4 Å². The minimum absolute atomic E-state index is 0.196. The monoisotopic (exact) mass is 435 g/mol. The molecule has 0 unspecified atom stereocenters. The van der Waals surface area contributed by atoms with Crippen molar-refractivity contribution in [1.82, 2.24) is 19.9 Å². The number of fused-ring (bicyclic) bond motifs is 4. The van der Waals surface area contributed by atoms with Gasteiger partial charge in [-0.05, 0) is 31.0 Å². The number of ether oxygens (including phenoxy) is 2. The molecule has 3 aromatic heterocycles. The normalized spacial score (nSPS) is 13.7. The Bertz CT molecular complexity index is 1340. The third-order valence-corrected chi connectivity index (χ3v) is 6.76. The Morgan fingerprint density at radius 2 is 2.06 bits per heavy atom. The summed E-state index contributed by atoms with van der Waals surface area (Å²) < 4.78 is 18.1. The maximum atomic E-state index is 13.0. The minimum Gasteiger partial charge on any atom is -0.454 e. The maximum Gasteiger partial charge on any atom is 0.282 e. The van der Waals surface area contributed by atoms with E-state index in [2.05, 4.69) is 10.3 Å². The summed E-state index contributed by atoms with van der Waals surface area (Å²) in [6, 6.07) is 7.08. The SMILES string of the molecule is CN(C(=O)c1cc(-c2ccc3c(c2)OCO3)on1)c1nc2c(s1)CCc1c-2cnn1C. The Morgan fingerprint density at radius 3 is 2.97 bits per heavy atom. The summed E-state index contributed by atoms with van der Waals surface area (Å²) in [6.45, 7) is 0.196. The lowest BCUT2D eigenvalue weighted by Crippen LogP contribution is -2.26. The lowest BCUT2D eigenvalue weighted by Gasteiger charge is -2.11. The van der Waals surface area contributed by atoms with Gasteiger partial charge < -0.3 is 14.0 Å². The molecule has 0 spiro atoms. The van der Waals surface area contributed by atoms with E-state index in [4.69, 9.17) is 19.0 Å². The molecule has 2 aliphatic rings. The second-order valence-corrected chi connectivity index (χ2v) is 8.47. The van der Waals surface area contributed by atoms with Crippen LogP contribution in [0.5, 0.6) is 11.5 Å². The highest BCUT2D eigenvalue weighted by atomic mass is 32.1. The largest absolute Gasteiger partial charge is 0.454 e. The van der Waals surface area contributed by atoms with E-state index in [1.165, 1.54) is 21.9 Å². The molecule has 1 aliphatic heterocycles. The van der Waals surface area contributed by atoms with Gasteiger partial charge >= 0.3 is 0 Å². The topological polar surface area (TPSA) is 95.5 Å². The summed E-state index contributed by atoms with van der Waals surface area (Å²) in [6.07, 6.45) is 3.65. The number of aryl methyl sites for hydroxylation is 2. The zero-order chi connectivity index (χ0) is 21.1. The third-order valence-electron chi connectivity index (χ3n) is 5.57. The van der Waals surface area contributed by atoms with Crippen LogP contribution in [0.3, 0.4) is 0 Å². The molecule has 4 aromatic rings. The average Bonchev–Trinajstić information content (AvgIpc) is 3.57. The molecule has 0 radical (unpaired) electrons. The average molecular weight is 435 g/mol. The van der Waals surface area contributed by atoms with Gasteiger partial charge in [-0.25, -0.2) is 4.98 Å². The summed E-state index contributed by atoms with van der Waals surface area (Å²) >= 11 is 1.52. The molecule has 9 nitrogen and oxygen atoms in total. The van der Waals surface area contributed by atoms with Crippen LogP contribution >= 0.6 is 11.3 Å². The second-order valence-electron chi connectivity index (χ2n) is 7.41. The van der Waals surface area contributed by atoms with E-state index in [1.807, 2.05) is 24.0 Å². The number of hydrogen-bond acceptors (Lipinski definition) is 8. The Balaban J connectivity index is 1.27. The summed E-state index contributed by atoms with van der Waals surface area (Å²) in [5.41, 5.74) is 4.09. The zero-order valence-corrected chi connectivity index (χ0v) is 17.6. The standard InChI is InChI=1S/C21H17N5O4S/c1-25(21-23-19-12-9-22-26(2)14(12)4-6-18(19)31-21)20(27)13-8-16(30-24-13)11-3-5-15-17(7-11)29-10-28-15/h3,5,7-9H,4,6,10H2,1-2H3. The number of carbonyl (C=O) groups excluding carboxylic acids is 1. The zero-order valence-electron chi connectivity index (χ0n) is 16.8. The van der Waals surface area contributed by atoms with Crippen molar-refractivity contribution in [2.24, 2.45) is 7.05 Å². The smallest absolute Gasteiger partial charge is 0.282 e. The molecule has 156 valence electrons. The molecule has 0 atom stereocenters. The lowest BCUT2D eigenvalue weighted by atomic mass is 10.0. The van der Waals surface area contributed by atoms with Crippen molar-refractivity contribution in [3.05, 3.63) is 46.7 Å². The van der Waals surface area contributed by atoms with Gasteiger partial charge in [0.05, 0.1) is 11.9 Å². The van der Waals surface area contributed by atoms with Crippen LogP contribution < -0.4 is 14.4 Å². The van der Waals surface area contributed by atoms with Crippen molar-refractivity contribution < 1.29 is 18.8 Å². The molecule has 4 heterocycles. The molecule has 1 amide bonds. The van der Waals surface area contributed by atoms with Crippen LogP contribution in [0.4, 0.5) is 5.13 Å². The molecular weight excluding hydrogens is 418 g/mol. The highest BCUT2D eigenvalue weighted by molar-refractivity contribution is 7.16. The van der Waals surface area contributed by atoms with Gasteiger partial charge in [-0.1, -0.05) is 5.16 Å². The van der Waals surface area contributed by atoms with E-state index in [-0.39, 0.29) is 18.4 Å². The van der Waals surface area contributed by atoms with Crippen LogP contribution in [0.15, 0.2) is 35.0 Å². The number of thiazole rings is 1. The number of rotatable bonds is 3. The summed E-state index contributed by atoms with van der Waals surface area (Å²) in [5.74, 6) is 1.52. The molecular formula is C21H17N5O4S. The Hall–Kier alpha value is -3.66. The van der Waals surface area contributed by atoms with Gasteiger partial charge in [0.25, 0.3) is 5.91 Å². The van der Waals surface area contributed by atoms with Gasteiger partial charge in [-0.3, -0.25) is 14.4 Å². The predicted octanol–water partition coefficient (Wildman–Crippen LogP) is 3.30. The summed E-state index contributed by atoms with van der Waals surface area (Å²) in [4.78, 5) is 20.5. The molecule has 0 saturated carbocycles. The van der Waals surface area contributed by atoms with E-state index in [1.54, 1.807) is 25.2 Å². The van der Waals surface area contributed by atoms with Crippen molar-refractivity contribution in [3.63, 3.8) is 0 Å². The molecule has 0 fully saturated rings. The predicted molar refractivity (Wildman–Crippen MR) is 113 cm³/mol. The first-order chi connectivity index (χ1) is 15.1. The van der Waals surface area contributed by atoms with Crippen molar-refractivity contribution in [3.8, 4) is 34.1 Å². The molecule has 0 bridgehead atoms. The van der Waals surface area contributed by atoms with E-state index >= 15 is 0 Å². The number of hydrogen-bond donors (Lipinski definition) is 0. The van der Waals surface area contributed by atoms with Crippen LogP contribution in [0, 0.1) is 0 Å². The fourth-order valence-electron chi connectivity index (χ4n) is 3.87. The molecule has 0 saturated heterocycles. The van der Waals surface area contributed by atoms with Crippen molar-refractivity contribution in [2.45, 2.75) is 12.8 Å². The van der Waals surface area contributed by atoms with Crippen LogP contribution in [0.2, 0.25) is 0 Å². The first kappa shape index (κ1) is 18.1. The lowest BCUT2D eigenvalue weighted by molar-refractivity contribution is 0.0984. The van der Waals surface area contributed by atoms with Gasteiger partial charge in [-0.2, -0.15) is 5.10 Å². The number of anilines is 1. The van der Waals surface area contributed by atoms with Crippen molar-refractivity contribution in [2.75, 3.05) is 18.7 Å². The van der Waals surface area contributed by atoms with Crippen LogP contribution in [-0.4, -0.2) is 39.7 Å². The second kappa shape index (κ2) is 6.67. The van der Waals surface area contributed by atoms with E-state index in [9.17, 15) is 4.79 Å². The molecule has 31 heavy (non-hydrogen) atoms. The fraction of sp³-hybridized carbons (Fsp3) is 0.238. The number of amides is 1. The minimum atomic E-state index is -0.284. The highest BCUT2D eigenvalue weighted by Crippen LogP contribution is 2.39. The van der Waals surface area contributed by atoms with Gasteiger partial charge in [0, 0.05) is 41.9 Å². The fourth-order valence-corrected chi connectivity index (χ4v) is 4.91. The number of aromatic nitrogens is 4. The Labute approximate surface area is 180 Å². The van der Waals surface area contributed by atoms with Gasteiger partial charge in [0.2, 0.25) is 6.79 Å².